The van der Waals surface area contributed by atoms with E-state index in [9.17, 15) is 14.0 Å². The van der Waals surface area contributed by atoms with Crippen LogP contribution in [0.4, 0.5) is 4.39 Å². The first-order valence-corrected chi connectivity index (χ1v) is 6.95. The maximum absolute atomic E-state index is 13.6. The molecule has 1 fully saturated rings. The number of carbonyl (C=O) groups excluding carboxylic acids is 2. The lowest BCUT2D eigenvalue weighted by Gasteiger charge is -2.24. The Morgan fingerprint density at radius 3 is 2.90 bits per heavy atom. The van der Waals surface area contributed by atoms with Crippen LogP contribution in [-0.2, 0) is 14.4 Å². The number of halogens is 2. The van der Waals surface area contributed by atoms with E-state index < -0.39 is 23.7 Å². The van der Waals surface area contributed by atoms with Gasteiger partial charge >= 0.3 is 0 Å². The lowest BCUT2D eigenvalue weighted by atomic mass is 9.93. The van der Waals surface area contributed by atoms with E-state index in [0.717, 1.165) is 0 Å². The molecular formula is C14H16ClFN2O3. The highest BCUT2D eigenvalue weighted by atomic mass is 35.5. The van der Waals surface area contributed by atoms with E-state index >= 15 is 0 Å². The molecule has 1 saturated heterocycles. The third-order valence-electron chi connectivity index (χ3n) is 3.53. The van der Waals surface area contributed by atoms with E-state index in [2.05, 4.69) is 5.48 Å². The van der Waals surface area contributed by atoms with Gasteiger partial charge in [-0.05, 0) is 24.6 Å². The molecular weight excluding hydrogens is 299 g/mol. The molecule has 1 aromatic rings. The summed E-state index contributed by atoms with van der Waals surface area (Å²) in [5.74, 6) is -1.78. The molecule has 0 saturated carbocycles. The van der Waals surface area contributed by atoms with E-state index in [1.54, 1.807) is 20.0 Å². The normalized spacial score (nSPS) is 21.7. The molecule has 2 amide bonds. The van der Waals surface area contributed by atoms with Crippen LogP contribution in [0.3, 0.4) is 0 Å². The highest BCUT2D eigenvalue weighted by Gasteiger charge is 2.43. The Morgan fingerprint density at radius 1 is 1.57 bits per heavy atom. The highest BCUT2D eigenvalue weighted by molar-refractivity contribution is 6.30. The van der Waals surface area contributed by atoms with E-state index in [1.807, 2.05) is 0 Å². The van der Waals surface area contributed by atoms with E-state index in [4.69, 9.17) is 16.4 Å². The topological polar surface area (TPSA) is 58.6 Å². The van der Waals surface area contributed by atoms with Crippen molar-refractivity contribution < 1.29 is 18.8 Å². The number of carbonyl (C=O) groups is 2. The zero-order valence-electron chi connectivity index (χ0n) is 11.7. The summed E-state index contributed by atoms with van der Waals surface area (Å²) in [6.45, 7) is 2.06. The maximum Gasteiger partial charge on any atom is 0.249 e. The number of amides is 2. The smallest absolute Gasteiger partial charge is 0.249 e. The predicted molar refractivity (Wildman–Crippen MR) is 74.8 cm³/mol. The molecule has 21 heavy (non-hydrogen) atoms. The fraction of sp³-hybridized carbons (Fsp3) is 0.429. The highest BCUT2D eigenvalue weighted by Crippen LogP contribution is 2.37. The molecule has 0 spiro atoms. The first kappa shape index (κ1) is 15.7. The second-order valence-corrected chi connectivity index (χ2v) is 5.24. The van der Waals surface area contributed by atoms with Crippen molar-refractivity contribution in [2.75, 3.05) is 13.7 Å². The zero-order chi connectivity index (χ0) is 15.6. The monoisotopic (exact) mass is 314 g/mol. The molecule has 0 radical (unpaired) electrons. The fourth-order valence-electron chi connectivity index (χ4n) is 2.48. The second kappa shape index (κ2) is 6.41. The molecule has 1 heterocycles. The van der Waals surface area contributed by atoms with Crippen molar-refractivity contribution in [3.63, 3.8) is 0 Å². The first-order valence-electron chi connectivity index (χ1n) is 6.58. The SMILES string of the molecule is CCONC(=O)[C@H]1CC(=O)N(C)[C@H]1c1ccc(Cl)c(F)c1. The summed E-state index contributed by atoms with van der Waals surface area (Å²) in [4.78, 5) is 30.3. The van der Waals surface area contributed by atoms with Crippen LogP contribution in [-0.4, -0.2) is 30.4 Å². The summed E-state index contributed by atoms with van der Waals surface area (Å²) >= 11 is 5.67. The van der Waals surface area contributed by atoms with Gasteiger partial charge in [0.05, 0.1) is 23.6 Å². The molecule has 0 unspecified atom stereocenters. The maximum atomic E-state index is 13.6. The minimum absolute atomic E-state index is 0.000967. The molecule has 1 N–H and O–H groups in total. The van der Waals surface area contributed by atoms with Crippen LogP contribution < -0.4 is 5.48 Å². The van der Waals surface area contributed by atoms with Gasteiger partial charge in [0.15, 0.2) is 0 Å². The van der Waals surface area contributed by atoms with Crippen molar-refractivity contribution in [2.24, 2.45) is 5.92 Å². The number of nitrogens with zero attached hydrogens (tertiary/aromatic N) is 1. The Bertz CT molecular complexity index is 567. The Balaban J connectivity index is 2.29. The summed E-state index contributed by atoms with van der Waals surface area (Å²) in [5, 5.41) is 0.000967. The quantitative estimate of drug-likeness (QED) is 0.866. The Kier molecular flexibility index (Phi) is 4.80. The summed E-state index contributed by atoms with van der Waals surface area (Å²) in [6.07, 6.45) is 0.0598. The number of nitrogens with one attached hydrogen (secondary N) is 1. The summed E-state index contributed by atoms with van der Waals surface area (Å²) in [5.41, 5.74) is 2.83. The molecule has 0 aromatic heterocycles. The molecule has 2 rings (SSSR count). The largest absolute Gasteiger partial charge is 0.338 e. The number of likely N-dealkylation sites (tertiary alicyclic amines) is 1. The van der Waals surface area contributed by atoms with Gasteiger partial charge in [-0.3, -0.25) is 14.4 Å². The molecule has 2 atom stereocenters. The summed E-state index contributed by atoms with van der Waals surface area (Å²) in [7, 11) is 1.59. The number of benzene rings is 1. The van der Waals surface area contributed by atoms with Crippen molar-refractivity contribution in [3.05, 3.63) is 34.6 Å². The molecule has 5 nitrogen and oxygen atoms in total. The van der Waals surface area contributed by atoms with Gasteiger partial charge in [-0.25, -0.2) is 9.87 Å². The van der Waals surface area contributed by atoms with Crippen molar-refractivity contribution in [1.29, 1.82) is 0 Å². The number of rotatable bonds is 4. The molecule has 7 heteroatoms. The van der Waals surface area contributed by atoms with Crippen molar-refractivity contribution in [3.8, 4) is 0 Å². The molecule has 1 aliphatic rings. The van der Waals surface area contributed by atoms with Gasteiger partial charge < -0.3 is 4.90 Å². The average molecular weight is 315 g/mol. The molecule has 0 bridgehead atoms. The first-order chi connectivity index (χ1) is 9.95. The van der Waals surface area contributed by atoms with E-state index in [0.29, 0.717) is 12.2 Å². The number of hydrogen-bond donors (Lipinski definition) is 1. The summed E-state index contributed by atoms with van der Waals surface area (Å²) < 4.78 is 13.6. The predicted octanol–water partition coefficient (Wildman–Crippen LogP) is 2.07. The number of hydroxylamine groups is 1. The van der Waals surface area contributed by atoms with Crippen LogP contribution in [0.2, 0.25) is 5.02 Å². The van der Waals surface area contributed by atoms with Crippen LogP contribution in [0.15, 0.2) is 18.2 Å². The van der Waals surface area contributed by atoms with Crippen LogP contribution in [0.1, 0.15) is 24.9 Å². The standard InChI is InChI=1S/C14H16ClFN2O3/c1-3-21-17-14(20)9-7-12(19)18(2)13(9)8-4-5-10(15)11(16)6-8/h4-6,9,13H,3,7H2,1-2H3,(H,17,20)/t9-,13-/m0/s1. The van der Waals surface area contributed by atoms with Gasteiger partial charge in [0, 0.05) is 13.5 Å². The molecule has 1 aromatic carbocycles. The number of hydrogen-bond acceptors (Lipinski definition) is 3. The Morgan fingerprint density at radius 2 is 2.29 bits per heavy atom. The second-order valence-electron chi connectivity index (χ2n) is 4.83. The summed E-state index contributed by atoms with van der Waals surface area (Å²) in [6, 6.07) is 3.75. The van der Waals surface area contributed by atoms with Crippen LogP contribution in [0.5, 0.6) is 0 Å². The van der Waals surface area contributed by atoms with Crippen molar-refractivity contribution >= 4 is 23.4 Å². The molecule has 0 aliphatic carbocycles. The van der Waals surface area contributed by atoms with Gasteiger partial charge in [-0.1, -0.05) is 17.7 Å². The van der Waals surface area contributed by atoms with Crippen molar-refractivity contribution in [2.45, 2.75) is 19.4 Å². The fourth-order valence-corrected chi connectivity index (χ4v) is 2.59. The van der Waals surface area contributed by atoms with Gasteiger partial charge in [-0.2, -0.15) is 0 Å². The minimum atomic E-state index is -0.630. The third-order valence-corrected chi connectivity index (χ3v) is 3.83. The van der Waals surface area contributed by atoms with Crippen LogP contribution in [0.25, 0.3) is 0 Å². The van der Waals surface area contributed by atoms with Crippen LogP contribution in [0, 0.1) is 11.7 Å². The minimum Gasteiger partial charge on any atom is -0.338 e. The lowest BCUT2D eigenvalue weighted by Crippen LogP contribution is -2.34. The Hall–Kier alpha value is -1.66. The zero-order valence-corrected chi connectivity index (χ0v) is 12.5. The van der Waals surface area contributed by atoms with E-state index in [-0.39, 0.29) is 17.4 Å². The molecule has 114 valence electrons. The lowest BCUT2D eigenvalue weighted by molar-refractivity contribution is -0.138. The third kappa shape index (κ3) is 3.16. The average Bonchev–Trinajstić information content (AvgIpc) is 2.75. The van der Waals surface area contributed by atoms with Gasteiger partial charge in [-0.15, -0.1) is 0 Å². The van der Waals surface area contributed by atoms with E-state index in [1.165, 1.54) is 17.0 Å². The van der Waals surface area contributed by atoms with Gasteiger partial charge in [0.25, 0.3) is 0 Å². The Labute approximate surface area is 127 Å². The van der Waals surface area contributed by atoms with Gasteiger partial charge in [0.1, 0.15) is 5.82 Å². The van der Waals surface area contributed by atoms with Crippen molar-refractivity contribution in [1.82, 2.24) is 10.4 Å². The van der Waals surface area contributed by atoms with Gasteiger partial charge in [0.2, 0.25) is 11.8 Å². The molecule has 1 aliphatic heterocycles. The van der Waals surface area contributed by atoms with Crippen LogP contribution >= 0.6 is 11.6 Å².